The number of amides is 1. The quantitative estimate of drug-likeness (QED) is 0.489. The number of anilines is 2. The van der Waals surface area contributed by atoms with Crippen LogP contribution in [-0.4, -0.2) is 17.0 Å². The second-order valence-corrected chi connectivity index (χ2v) is 7.47. The highest BCUT2D eigenvalue weighted by Crippen LogP contribution is 2.46. The number of hydrogen-bond donors (Lipinski definition) is 4. The van der Waals surface area contributed by atoms with E-state index in [1.165, 1.54) is 12.1 Å². The van der Waals surface area contributed by atoms with E-state index in [1.54, 1.807) is 36.4 Å². The summed E-state index contributed by atoms with van der Waals surface area (Å²) in [5.41, 5.74) is 7.55. The third kappa shape index (κ3) is 3.26. The fourth-order valence-electron chi connectivity index (χ4n) is 3.43. The van der Waals surface area contributed by atoms with Crippen LogP contribution in [0.3, 0.4) is 0 Å². The Bertz CT molecular complexity index is 1150. The summed E-state index contributed by atoms with van der Waals surface area (Å²) in [5, 5.41) is 17.0. The minimum atomic E-state index is -1.03. The minimum Gasteiger partial charge on any atom is -0.478 e. The van der Waals surface area contributed by atoms with E-state index in [1.807, 2.05) is 12.1 Å². The molecule has 0 bridgehead atoms. The van der Waals surface area contributed by atoms with Crippen molar-refractivity contribution < 1.29 is 14.7 Å². The molecule has 1 aliphatic heterocycles. The van der Waals surface area contributed by atoms with Gasteiger partial charge in [-0.25, -0.2) is 4.79 Å². The molecule has 0 fully saturated rings. The molecule has 0 aliphatic carbocycles. The van der Waals surface area contributed by atoms with Gasteiger partial charge in [-0.3, -0.25) is 4.79 Å². The summed E-state index contributed by atoms with van der Waals surface area (Å²) >= 11 is 12.6. The maximum Gasteiger partial charge on any atom is 0.335 e. The van der Waals surface area contributed by atoms with Crippen molar-refractivity contribution in [2.75, 3.05) is 10.6 Å². The average molecular weight is 428 g/mol. The maximum absolute atomic E-state index is 11.5. The topological polar surface area (TPSA) is 104 Å². The lowest BCUT2D eigenvalue weighted by Crippen LogP contribution is -2.40. The highest BCUT2D eigenvalue weighted by molar-refractivity contribution is 6.32. The number of carbonyl (C=O) groups excluding carboxylic acids is 1. The third-order valence-electron chi connectivity index (χ3n) is 4.85. The second kappa shape index (κ2) is 6.99. The highest BCUT2D eigenvalue weighted by atomic mass is 35.5. The van der Waals surface area contributed by atoms with Crippen molar-refractivity contribution in [3.63, 3.8) is 0 Å². The summed E-state index contributed by atoms with van der Waals surface area (Å²) in [6, 6.07) is 16.7. The summed E-state index contributed by atoms with van der Waals surface area (Å²) in [6.45, 7) is 0. The van der Waals surface area contributed by atoms with E-state index < -0.39 is 17.5 Å². The molecule has 0 radical (unpaired) electrons. The standard InChI is InChI=1S/C21H15Cl2N3O3/c22-14-5-3-13(4-6-14)21(15-7-1-11(19(24)27)9-16(15)23)25-17-8-2-12(20(28)29)10-18(17)26-21/h1-10,25-26H,(H2,24,27)(H,28,29). The lowest BCUT2D eigenvalue weighted by atomic mass is 9.90. The zero-order valence-corrected chi connectivity index (χ0v) is 16.4. The van der Waals surface area contributed by atoms with Crippen LogP contribution >= 0.6 is 23.2 Å². The predicted molar refractivity (Wildman–Crippen MR) is 113 cm³/mol. The molecule has 1 atom stereocenters. The van der Waals surface area contributed by atoms with Gasteiger partial charge in [-0.2, -0.15) is 0 Å². The van der Waals surface area contributed by atoms with Gasteiger partial charge in [0.1, 0.15) is 0 Å². The Hall–Kier alpha value is -3.22. The SMILES string of the molecule is NC(=O)c1ccc(C2(c3ccc(Cl)cc3)Nc3ccc(C(=O)O)cc3N2)c(Cl)c1. The van der Waals surface area contributed by atoms with Crippen LogP contribution in [0.25, 0.3) is 0 Å². The number of halogens is 2. The normalized spacial score (nSPS) is 17.2. The molecule has 1 unspecified atom stereocenters. The zero-order valence-electron chi connectivity index (χ0n) is 14.9. The number of nitrogens with one attached hydrogen (secondary N) is 2. The monoisotopic (exact) mass is 427 g/mol. The van der Waals surface area contributed by atoms with Crippen molar-refractivity contribution in [3.05, 3.63) is 93.0 Å². The molecule has 6 nitrogen and oxygen atoms in total. The first-order valence-electron chi connectivity index (χ1n) is 8.60. The van der Waals surface area contributed by atoms with Gasteiger partial charge in [0.2, 0.25) is 5.91 Å². The molecule has 0 saturated carbocycles. The smallest absolute Gasteiger partial charge is 0.335 e. The second-order valence-electron chi connectivity index (χ2n) is 6.63. The van der Waals surface area contributed by atoms with Gasteiger partial charge in [-0.15, -0.1) is 0 Å². The highest BCUT2D eigenvalue weighted by Gasteiger charge is 2.41. The molecule has 0 aromatic heterocycles. The number of carboxylic acids is 1. The molecular formula is C21H15Cl2N3O3. The first-order chi connectivity index (χ1) is 13.8. The number of primary amides is 1. The molecule has 0 spiro atoms. The Morgan fingerprint density at radius 2 is 1.52 bits per heavy atom. The van der Waals surface area contributed by atoms with Crippen LogP contribution in [0.2, 0.25) is 10.0 Å². The Balaban J connectivity index is 1.89. The lowest BCUT2D eigenvalue weighted by molar-refractivity contribution is 0.0696. The molecule has 1 heterocycles. The Morgan fingerprint density at radius 3 is 2.14 bits per heavy atom. The van der Waals surface area contributed by atoms with Crippen molar-refractivity contribution in [1.29, 1.82) is 0 Å². The molecule has 5 N–H and O–H groups in total. The number of carboxylic acid groups (broad SMARTS) is 1. The summed E-state index contributed by atoms with van der Waals surface area (Å²) in [5.74, 6) is -1.61. The number of fused-ring (bicyclic) bond motifs is 1. The van der Waals surface area contributed by atoms with Gasteiger partial charge in [0, 0.05) is 26.7 Å². The number of aromatic carboxylic acids is 1. The van der Waals surface area contributed by atoms with E-state index in [4.69, 9.17) is 28.9 Å². The Morgan fingerprint density at radius 1 is 0.862 bits per heavy atom. The van der Waals surface area contributed by atoms with Gasteiger partial charge < -0.3 is 21.5 Å². The van der Waals surface area contributed by atoms with E-state index in [-0.39, 0.29) is 11.1 Å². The first kappa shape index (κ1) is 19.1. The summed E-state index contributed by atoms with van der Waals surface area (Å²) in [7, 11) is 0. The molecule has 1 amide bonds. The molecule has 29 heavy (non-hydrogen) atoms. The maximum atomic E-state index is 11.5. The van der Waals surface area contributed by atoms with Crippen LogP contribution in [0.4, 0.5) is 11.4 Å². The Labute approximate surface area is 176 Å². The third-order valence-corrected chi connectivity index (χ3v) is 5.41. The Kier molecular flexibility index (Phi) is 4.61. The van der Waals surface area contributed by atoms with Crippen LogP contribution in [0.1, 0.15) is 31.8 Å². The van der Waals surface area contributed by atoms with Crippen LogP contribution in [0.15, 0.2) is 60.7 Å². The molecule has 1 aliphatic rings. The molecule has 4 rings (SSSR count). The fourth-order valence-corrected chi connectivity index (χ4v) is 3.88. The van der Waals surface area contributed by atoms with E-state index in [0.717, 1.165) is 5.56 Å². The van der Waals surface area contributed by atoms with Gasteiger partial charge in [-0.1, -0.05) is 41.4 Å². The van der Waals surface area contributed by atoms with Crippen LogP contribution in [-0.2, 0) is 5.66 Å². The van der Waals surface area contributed by atoms with E-state index in [9.17, 15) is 14.7 Å². The van der Waals surface area contributed by atoms with Crippen molar-refractivity contribution in [2.24, 2.45) is 5.73 Å². The fraction of sp³-hybridized carbons (Fsp3) is 0.0476. The number of nitrogens with two attached hydrogens (primary N) is 1. The minimum absolute atomic E-state index is 0.153. The van der Waals surface area contributed by atoms with Gasteiger partial charge in [0.05, 0.1) is 16.9 Å². The van der Waals surface area contributed by atoms with Gasteiger partial charge in [-0.05, 0) is 42.5 Å². The predicted octanol–water partition coefficient (Wildman–Crippen LogP) is 4.53. The zero-order chi connectivity index (χ0) is 20.8. The average Bonchev–Trinajstić information content (AvgIpc) is 3.07. The van der Waals surface area contributed by atoms with Gasteiger partial charge in [0.15, 0.2) is 5.66 Å². The van der Waals surface area contributed by atoms with Crippen molar-refractivity contribution in [3.8, 4) is 0 Å². The summed E-state index contributed by atoms with van der Waals surface area (Å²) < 4.78 is 0. The number of hydrogen-bond acceptors (Lipinski definition) is 4. The van der Waals surface area contributed by atoms with Crippen LogP contribution < -0.4 is 16.4 Å². The van der Waals surface area contributed by atoms with E-state index in [2.05, 4.69) is 10.6 Å². The lowest BCUT2D eigenvalue weighted by Gasteiger charge is -2.33. The molecule has 146 valence electrons. The molecule has 3 aromatic rings. The number of benzene rings is 3. The first-order valence-corrected chi connectivity index (χ1v) is 9.35. The molecule has 0 saturated heterocycles. The molecular weight excluding hydrogens is 413 g/mol. The van der Waals surface area contributed by atoms with Crippen molar-refractivity contribution in [2.45, 2.75) is 5.66 Å². The van der Waals surface area contributed by atoms with Crippen LogP contribution in [0.5, 0.6) is 0 Å². The van der Waals surface area contributed by atoms with E-state index >= 15 is 0 Å². The molecule has 3 aromatic carbocycles. The summed E-state index contributed by atoms with van der Waals surface area (Å²) in [4.78, 5) is 22.9. The number of carbonyl (C=O) groups is 2. The summed E-state index contributed by atoms with van der Waals surface area (Å²) in [6.07, 6.45) is 0. The van der Waals surface area contributed by atoms with E-state index in [0.29, 0.717) is 27.0 Å². The van der Waals surface area contributed by atoms with Gasteiger partial charge >= 0.3 is 5.97 Å². The largest absolute Gasteiger partial charge is 0.478 e. The van der Waals surface area contributed by atoms with Gasteiger partial charge in [0.25, 0.3) is 0 Å². The van der Waals surface area contributed by atoms with Crippen LogP contribution in [0, 0.1) is 0 Å². The van der Waals surface area contributed by atoms with Crippen molar-refractivity contribution in [1.82, 2.24) is 0 Å². The van der Waals surface area contributed by atoms with Crippen molar-refractivity contribution >= 4 is 46.5 Å². The molecule has 8 heteroatoms. The number of rotatable bonds is 4.